The number of carbonyl (C=O) groups is 2. The Balaban J connectivity index is 1.50. The van der Waals surface area contributed by atoms with Gasteiger partial charge < -0.3 is 10.2 Å². The second-order valence-electron chi connectivity index (χ2n) is 7.14. The molecule has 2 aromatic rings. The highest BCUT2D eigenvalue weighted by molar-refractivity contribution is 8.01. The van der Waals surface area contributed by atoms with Crippen molar-refractivity contribution in [2.24, 2.45) is 0 Å². The number of nitrogens with one attached hydrogen (secondary N) is 1. The second-order valence-corrected chi connectivity index (χ2v) is 8.87. The molecule has 0 saturated carbocycles. The highest BCUT2D eigenvalue weighted by Crippen LogP contribution is 2.56. The van der Waals surface area contributed by atoms with Crippen LogP contribution in [0.25, 0.3) is 0 Å². The fourth-order valence-electron chi connectivity index (χ4n) is 3.76. The number of rotatable bonds is 4. The minimum Gasteiger partial charge on any atom is -0.354 e. The number of hydrogen-bond acceptors (Lipinski definition) is 4. The fourth-order valence-corrected chi connectivity index (χ4v) is 5.35. The van der Waals surface area contributed by atoms with Gasteiger partial charge in [-0.1, -0.05) is 24.3 Å². The van der Waals surface area contributed by atoms with E-state index in [1.807, 2.05) is 56.3 Å². The molecule has 26 heavy (non-hydrogen) atoms. The highest BCUT2D eigenvalue weighted by Gasteiger charge is 2.57. The largest absolute Gasteiger partial charge is 0.354 e. The van der Waals surface area contributed by atoms with Gasteiger partial charge in [0.15, 0.2) is 0 Å². The molecule has 6 heteroatoms. The first-order valence-electron chi connectivity index (χ1n) is 8.76. The van der Waals surface area contributed by atoms with Gasteiger partial charge in [0, 0.05) is 35.2 Å². The lowest BCUT2D eigenvalue weighted by Crippen LogP contribution is -2.52. The van der Waals surface area contributed by atoms with Crippen molar-refractivity contribution < 1.29 is 9.59 Å². The third-order valence-electron chi connectivity index (χ3n) is 4.95. The summed E-state index contributed by atoms with van der Waals surface area (Å²) in [5.74, 6) is -0.143. The molecule has 2 amide bonds. The first-order chi connectivity index (χ1) is 12.5. The Labute approximate surface area is 157 Å². The number of aromatic nitrogens is 1. The summed E-state index contributed by atoms with van der Waals surface area (Å²) in [7, 11) is 0. The zero-order valence-electron chi connectivity index (χ0n) is 14.8. The first-order valence-corrected chi connectivity index (χ1v) is 9.64. The lowest BCUT2D eigenvalue weighted by Gasteiger charge is -2.29. The second kappa shape index (κ2) is 6.43. The van der Waals surface area contributed by atoms with Crippen LogP contribution >= 0.6 is 11.8 Å². The normalized spacial score (nSPS) is 22.8. The molecular weight excluding hydrogens is 346 g/mol. The standard InChI is InChI=1S/C20H21N3O2S/c1-20(2)16(17(24)22-12-10-13-7-5-6-11-21-13)23-18(25)14-8-3-4-9-15(14)19(23)26-20/h3-9,11,16,19H,10,12H2,1-2H3,(H,22,24). The summed E-state index contributed by atoms with van der Waals surface area (Å²) >= 11 is 1.68. The van der Waals surface area contributed by atoms with Crippen molar-refractivity contribution in [3.63, 3.8) is 0 Å². The molecule has 5 nitrogen and oxygen atoms in total. The number of benzene rings is 1. The summed E-state index contributed by atoms with van der Waals surface area (Å²) in [5.41, 5.74) is 2.67. The van der Waals surface area contributed by atoms with Gasteiger partial charge in [0.2, 0.25) is 5.91 Å². The molecule has 1 saturated heterocycles. The number of thioether (sulfide) groups is 1. The molecule has 1 fully saturated rings. The molecule has 2 aliphatic rings. The summed E-state index contributed by atoms with van der Waals surface area (Å²) in [4.78, 5) is 31.9. The topological polar surface area (TPSA) is 62.3 Å². The van der Waals surface area contributed by atoms with Crippen molar-refractivity contribution in [2.75, 3.05) is 6.54 Å². The van der Waals surface area contributed by atoms with E-state index in [1.165, 1.54) is 0 Å². The molecule has 134 valence electrons. The summed E-state index contributed by atoms with van der Waals surface area (Å²) in [6.45, 7) is 4.58. The molecule has 0 spiro atoms. The zero-order valence-corrected chi connectivity index (χ0v) is 15.6. The van der Waals surface area contributed by atoms with E-state index in [-0.39, 0.29) is 21.9 Å². The minimum atomic E-state index is -0.485. The lowest BCUT2D eigenvalue weighted by molar-refractivity contribution is -0.126. The molecule has 3 heterocycles. The molecule has 0 bridgehead atoms. The quantitative estimate of drug-likeness (QED) is 0.903. The Bertz CT molecular complexity index is 853. The number of carbonyl (C=O) groups excluding carboxylic acids is 2. The van der Waals surface area contributed by atoms with Crippen molar-refractivity contribution in [3.8, 4) is 0 Å². The molecule has 2 unspecified atom stereocenters. The predicted molar refractivity (Wildman–Crippen MR) is 102 cm³/mol. The maximum Gasteiger partial charge on any atom is 0.256 e. The Hall–Kier alpha value is -2.34. The van der Waals surface area contributed by atoms with E-state index >= 15 is 0 Å². The van der Waals surface area contributed by atoms with Gasteiger partial charge in [0.25, 0.3) is 5.91 Å². The van der Waals surface area contributed by atoms with Crippen LogP contribution in [0, 0.1) is 0 Å². The van der Waals surface area contributed by atoms with Crippen LogP contribution in [0.4, 0.5) is 0 Å². The van der Waals surface area contributed by atoms with Crippen molar-refractivity contribution in [1.82, 2.24) is 15.2 Å². The molecule has 0 radical (unpaired) electrons. The SMILES string of the molecule is CC1(C)SC2c3ccccc3C(=O)N2C1C(=O)NCCc1ccccn1. The minimum absolute atomic E-state index is 0.0476. The van der Waals surface area contributed by atoms with Crippen LogP contribution in [-0.2, 0) is 11.2 Å². The monoisotopic (exact) mass is 367 g/mol. The van der Waals surface area contributed by atoms with Crippen LogP contribution in [0.3, 0.4) is 0 Å². The Morgan fingerprint density at radius 1 is 1.23 bits per heavy atom. The summed E-state index contributed by atoms with van der Waals surface area (Å²) in [6, 6.07) is 12.9. The first kappa shape index (κ1) is 17.1. The van der Waals surface area contributed by atoms with E-state index in [4.69, 9.17) is 0 Å². The van der Waals surface area contributed by atoms with Crippen LogP contribution < -0.4 is 5.32 Å². The van der Waals surface area contributed by atoms with Crippen LogP contribution in [0.15, 0.2) is 48.7 Å². The van der Waals surface area contributed by atoms with Gasteiger partial charge in [-0.15, -0.1) is 11.8 Å². The number of pyridine rings is 1. The number of fused-ring (bicyclic) bond motifs is 3. The lowest BCUT2D eigenvalue weighted by atomic mass is 10.0. The van der Waals surface area contributed by atoms with Crippen molar-refractivity contribution >= 4 is 23.6 Å². The van der Waals surface area contributed by atoms with Crippen LogP contribution in [0.2, 0.25) is 0 Å². The Morgan fingerprint density at radius 3 is 2.77 bits per heavy atom. The number of amides is 2. The number of nitrogens with zero attached hydrogens (tertiary/aromatic N) is 2. The van der Waals surface area contributed by atoms with Crippen LogP contribution in [-0.4, -0.2) is 39.0 Å². The van der Waals surface area contributed by atoms with Crippen LogP contribution in [0.1, 0.15) is 40.8 Å². The van der Waals surface area contributed by atoms with E-state index in [9.17, 15) is 9.59 Å². The van der Waals surface area contributed by atoms with Crippen molar-refractivity contribution in [3.05, 3.63) is 65.5 Å². The van der Waals surface area contributed by atoms with Gasteiger partial charge in [-0.2, -0.15) is 0 Å². The summed E-state index contributed by atoms with van der Waals surface area (Å²) < 4.78 is -0.344. The molecule has 4 rings (SSSR count). The van der Waals surface area contributed by atoms with Gasteiger partial charge in [-0.05, 0) is 37.6 Å². The summed E-state index contributed by atoms with van der Waals surface area (Å²) in [6.07, 6.45) is 2.42. The van der Waals surface area contributed by atoms with Gasteiger partial charge in [0.1, 0.15) is 11.4 Å². The fraction of sp³-hybridized carbons (Fsp3) is 0.350. The predicted octanol–water partition coefficient (Wildman–Crippen LogP) is 2.79. The zero-order chi connectivity index (χ0) is 18.3. The Kier molecular flexibility index (Phi) is 4.23. The van der Waals surface area contributed by atoms with E-state index in [2.05, 4.69) is 10.3 Å². The van der Waals surface area contributed by atoms with Gasteiger partial charge in [-0.25, -0.2) is 0 Å². The van der Waals surface area contributed by atoms with E-state index in [1.54, 1.807) is 22.9 Å². The average molecular weight is 367 g/mol. The van der Waals surface area contributed by atoms with E-state index < -0.39 is 6.04 Å². The van der Waals surface area contributed by atoms with E-state index in [0.29, 0.717) is 18.5 Å². The van der Waals surface area contributed by atoms with Crippen molar-refractivity contribution in [1.29, 1.82) is 0 Å². The maximum atomic E-state index is 13.0. The van der Waals surface area contributed by atoms with Gasteiger partial charge >= 0.3 is 0 Å². The average Bonchev–Trinajstić information content (AvgIpc) is 3.06. The molecule has 2 aliphatic heterocycles. The maximum absolute atomic E-state index is 13.0. The van der Waals surface area contributed by atoms with Crippen molar-refractivity contribution in [2.45, 2.75) is 36.4 Å². The molecule has 1 aromatic heterocycles. The highest BCUT2D eigenvalue weighted by atomic mass is 32.2. The molecule has 2 atom stereocenters. The number of hydrogen-bond donors (Lipinski definition) is 1. The van der Waals surface area contributed by atoms with Gasteiger partial charge in [0.05, 0.1) is 0 Å². The molecular formula is C20H21N3O2S. The van der Waals surface area contributed by atoms with Gasteiger partial charge in [-0.3, -0.25) is 14.6 Å². The molecule has 0 aliphatic carbocycles. The third kappa shape index (κ3) is 2.78. The molecule has 1 N–H and O–H groups in total. The molecule has 1 aromatic carbocycles. The Morgan fingerprint density at radius 2 is 2.00 bits per heavy atom. The summed E-state index contributed by atoms with van der Waals surface area (Å²) in [5, 5.41) is 2.92. The van der Waals surface area contributed by atoms with E-state index in [0.717, 1.165) is 11.3 Å². The third-order valence-corrected chi connectivity index (χ3v) is 6.49. The smallest absolute Gasteiger partial charge is 0.256 e. The van der Waals surface area contributed by atoms with Crippen LogP contribution in [0.5, 0.6) is 0 Å².